The van der Waals surface area contributed by atoms with Crippen molar-refractivity contribution in [1.82, 2.24) is 5.32 Å². The second-order valence-electron chi connectivity index (χ2n) is 4.00. The highest BCUT2D eigenvalue weighted by Crippen LogP contribution is 1.99. The van der Waals surface area contributed by atoms with Gasteiger partial charge >= 0.3 is 0 Å². The third-order valence-corrected chi connectivity index (χ3v) is 1.26. The van der Waals surface area contributed by atoms with E-state index >= 15 is 0 Å². The first kappa shape index (κ1) is 11.4. The summed E-state index contributed by atoms with van der Waals surface area (Å²) < 4.78 is 0. The molecule has 4 heteroatoms. The molecule has 12 heavy (non-hydrogen) atoms. The average Bonchev–Trinajstić information content (AvgIpc) is 1.82. The van der Waals surface area contributed by atoms with Gasteiger partial charge in [0.2, 0.25) is 5.91 Å². The van der Waals surface area contributed by atoms with Gasteiger partial charge in [-0.3, -0.25) is 4.79 Å². The van der Waals surface area contributed by atoms with Crippen LogP contribution in [0.3, 0.4) is 0 Å². The molecule has 0 aromatic carbocycles. The van der Waals surface area contributed by atoms with Gasteiger partial charge in [0, 0.05) is 24.5 Å². The van der Waals surface area contributed by atoms with Gasteiger partial charge in [-0.1, -0.05) is 0 Å². The maximum Gasteiger partial charge on any atom is 0.222 e. The van der Waals surface area contributed by atoms with Crippen LogP contribution in [0.1, 0.15) is 27.2 Å². The highest BCUT2D eigenvalue weighted by molar-refractivity contribution is 5.77. The number of amides is 1. The number of nitrogens with two attached hydrogens (primary N) is 2. The predicted molar refractivity (Wildman–Crippen MR) is 49.5 cm³/mol. The Balaban J connectivity index is 3.75. The molecular formula is C8H19N3O. The molecule has 0 bridgehead atoms. The molecule has 0 aliphatic heterocycles. The number of nitrogens with one attached hydrogen (secondary N) is 1. The van der Waals surface area contributed by atoms with Gasteiger partial charge < -0.3 is 16.8 Å². The largest absolute Gasteiger partial charge is 0.351 e. The molecule has 5 N–H and O–H groups in total. The standard InChI is InChI=1S/C8H19N3O/c1-8(2,3)11-7(12)4-6(10)5-9/h6H,4-5,9-10H2,1-3H3,(H,11,12). The van der Waals surface area contributed by atoms with Crippen LogP contribution in [0, 0.1) is 0 Å². The van der Waals surface area contributed by atoms with Crippen molar-refractivity contribution in [2.24, 2.45) is 11.5 Å². The zero-order valence-corrected chi connectivity index (χ0v) is 8.05. The van der Waals surface area contributed by atoms with E-state index in [1.54, 1.807) is 0 Å². The summed E-state index contributed by atoms with van der Waals surface area (Å²) in [6, 6.07) is -0.229. The maximum atomic E-state index is 11.2. The van der Waals surface area contributed by atoms with E-state index in [2.05, 4.69) is 5.32 Å². The highest BCUT2D eigenvalue weighted by atomic mass is 16.1. The number of carbonyl (C=O) groups excluding carboxylic acids is 1. The van der Waals surface area contributed by atoms with Crippen LogP contribution in [-0.4, -0.2) is 24.0 Å². The van der Waals surface area contributed by atoms with Crippen LogP contribution in [-0.2, 0) is 4.79 Å². The summed E-state index contributed by atoms with van der Waals surface area (Å²) in [6.45, 7) is 6.13. The van der Waals surface area contributed by atoms with Gasteiger partial charge in [-0.25, -0.2) is 0 Å². The Morgan fingerprint density at radius 3 is 2.33 bits per heavy atom. The second kappa shape index (κ2) is 4.42. The summed E-state index contributed by atoms with van der Waals surface area (Å²) >= 11 is 0. The van der Waals surface area contributed by atoms with Crippen molar-refractivity contribution in [1.29, 1.82) is 0 Å². The first-order valence-corrected chi connectivity index (χ1v) is 4.12. The fraction of sp³-hybridized carbons (Fsp3) is 0.875. The van der Waals surface area contributed by atoms with E-state index in [1.807, 2.05) is 20.8 Å². The first-order valence-electron chi connectivity index (χ1n) is 4.12. The molecule has 0 radical (unpaired) electrons. The molecule has 1 atom stereocenters. The molecule has 0 saturated heterocycles. The van der Waals surface area contributed by atoms with Gasteiger partial charge in [-0.2, -0.15) is 0 Å². The van der Waals surface area contributed by atoms with Crippen molar-refractivity contribution in [3.05, 3.63) is 0 Å². The van der Waals surface area contributed by atoms with Crippen LogP contribution in [0.2, 0.25) is 0 Å². The van der Waals surface area contributed by atoms with Crippen molar-refractivity contribution in [3.8, 4) is 0 Å². The molecule has 0 saturated carbocycles. The smallest absolute Gasteiger partial charge is 0.222 e. The third kappa shape index (κ3) is 6.12. The van der Waals surface area contributed by atoms with Gasteiger partial charge in [0.1, 0.15) is 0 Å². The first-order chi connectivity index (χ1) is 5.35. The molecule has 0 aliphatic rings. The fourth-order valence-electron chi connectivity index (χ4n) is 0.791. The Morgan fingerprint density at radius 1 is 1.50 bits per heavy atom. The molecule has 0 spiro atoms. The van der Waals surface area contributed by atoms with Gasteiger partial charge in [0.15, 0.2) is 0 Å². The van der Waals surface area contributed by atoms with E-state index in [0.717, 1.165) is 0 Å². The third-order valence-electron chi connectivity index (χ3n) is 1.26. The van der Waals surface area contributed by atoms with E-state index in [1.165, 1.54) is 0 Å². The summed E-state index contributed by atoms with van der Waals surface area (Å²) in [4.78, 5) is 11.2. The number of hydrogen-bond acceptors (Lipinski definition) is 3. The van der Waals surface area contributed by atoms with E-state index in [-0.39, 0.29) is 17.5 Å². The maximum absolute atomic E-state index is 11.2. The van der Waals surface area contributed by atoms with Crippen LogP contribution in [0.15, 0.2) is 0 Å². The monoisotopic (exact) mass is 173 g/mol. The van der Waals surface area contributed by atoms with Gasteiger partial charge in [0.25, 0.3) is 0 Å². The normalized spacial score (nSPS) is 14.1. The van der Waals surface area contributed by atoms with Crippen molar-refractivity contribution >= 4 is 5.91 Å². The fourth-order valence-corrected chi connectivity index (χ4v) is 0.791. The molecule has 1 unspecified atom stereocenters. The summed E-state index contributed by atoms with van der Waals surface area (Å²) in [7, 11) is 0. The van der Waals surface area contributed by atoms with Crippen LogP contribution in [0.5, 0.6) is 0 Å². The second-order valence-corrected chi connectivity index (χ2v) is 4.00. The zero-order chi connectivity index (χ0) is 9.78. The van der Waals surface area contributed by atoms with Crippen LogP contribution >= 0.6 is 0 Å². The van der Waals surface area contributed by atoms with Crippen molar-refractivity contribution < 1.29 is 4.79 Å². The molecule has 1 amide bonds. The van der Waals surface area contributed by atoms with Gasteiger partial charge in [-0.05, 0) is 20.8 Å². The molecule has 0 heterocycles. The van der Waals surface area contributed by atoms with E-state index in [9.17, 15) is 4.79 Å². The molecule has 72 valence electrons. The number of rotatable bonds is 3. The quantitative estimate of drug-likeness (QED) is 0.542. The molecule has 0 rings (SSSR count). The summed E-state index contributed by atoms with van der Waals surface area (Å²) in [6.07, 6.45) is 0.299. The SMILES string of the molecule is CC(C)(C)NC(=O)CC(N)CN. The van der Waals surface area contributed by atoms with E-state index in [0.29, 0.717) is 13.0 Å². The molecule has 0 aliphatic carbocycles. The summed E-state index contributed by atoms with van der Waals surface area (Å²) in [5.41, 5.74) is 10.6. The summed E-state index contributed by atoms with van der Waals surface area (Å²) in [5.74, 6) is -0.0412. The molecule has 4 nitrogen and oxygen atoms in total. The van der Waals surface area contributed by atoms with Crippen molar-refractivity contribution in [3.63, 3.8) is 0 Å². The number of carbonyl (C=O) groups is 1. The summed E-state index contributed by atoms with van der Waals surface area (Å²) in [5, 5.41) is 2.81. The number of hydrogen-bond donors (Lipinski definition) is 3. The zero-order valence-electron chi connectivity index (χ0n) is 8.05. The molecular weight excluding hydrogens is 154 g/mol. The van der Waals surface area contributed by atoms with E-state index < -0.39 is 0 Å². The van der Waals surface area contributed by atoms with Gasteiger partial charge in [-0.15, -0.1) is 0 Å². The lowest BCUT2D eigenvalue weighted by atomic mass is 10.1. The Morgan fingerprint density at radius 2 is 2.00 bits per heavy atom. The van der Waals surface area contributed by atoms with Crippen LogP contribution in [0.25, 0.3) is 0 Å². The lowest BCUT2D eigenvalue weighted by Gasteiger charge is -2.21. The molecule has 0 fully saturated rings. The molecule has 0 aromatic rings. The van der Waals surface area contributed by atoms with Crippen molar-refractivity contribution in [2.45, 2.75) is 38.8 Å². The van der Waals surface area contributed by atoms with Crippen LogP contribution < -0.4 is 16.8 Å². The van der Waals surface area contributed by atoms with Gasteiger partial charge in [0.05, 0.1) is 0 Å². The van der Waals surface area contributed by atoms with Crippen LogP contribution in [0.4, 0.5) is 0 Å². The Bertz CT molecular complexity index is 151. The minimum atomic E-state index is -0.229. The minimum Gasteiger partial charge on any atom is -0.351 e. The van der Waals surface area contributed by atoms with E-state index in [4.69, 9.17) is 11.5 Å². The molecule has 0 aromatic heterocycles. The Hall–Kier alpha value is -0.610. The predicted octanol–water partition coefficient (Wildman–Crippen LogP) is -0.423. The highest BCUT2D eigenvalue weighted by Gasteiger charge is 2.15. The lowest BCUT2D eigenvalue weighted by Crippen LogP contribution is -2.44. The van der Waals surface area contributed by atoms with Crippen molar-refractivity contribution in [2.75, 3.05) is 6.54 Å². The topological polar surface area (TPSA) is 81.1 Å². The lowest BCUT2D eigenvalue weighted by molar-refractivity contribution is -0.122. The average molecular weight is 173 g/mol. The Labute approximate surface area is 73.7 Å². The Kier molecular flexibility index (Phi) is 4.20. The minimum absolute atomic E-state index is 0.0412.